The standard InChI is InChI=1S/C24H35F6N5/c1-22(2,15-31)16-32-21(35-10-8-34(9-11-35)20-6-4-3-5-7-20)33-19-13-17(23(25,26)27)12-18(14-19)24(28,29)30/h12-14,20H,3-11,15-16,31H2,1-2H3,(H,32,33). The average molecular weight is 508 g/mol. The largest absolute Gasteiger partial charge is 0.416 e. The maximum atomic E-state index is 13.3. The Labute approximate surface area is 202 Å². The molecule has 0 aromatic heterocycles. The lowest BCUT2D eigenvalue weighted by atomic mass is 9.94. The number of rotatable bonds is 5. The van der Waals surface area contributed by atoms with E-state index in [-0.39, 0.29) is 29.7 Å². The summed E-state index contributed by atoms with van der Waals surface area (Å²) < 4.78 is 80.1. The maximum Gasteiger partial charge on any atom is 0.416 e. The fourth-order valence-electron chi connectivity index (χ4n) is 4.47. The zero-order chi connectivity index (χ0) is 25.9. The number of nitrogens with one attached hydrogen (secondary N) is 1. The van der Waals surface area contributed by atoms with Gasteiger partial charge in [0.25, 0.3) is 0 Å². The first-order valence-corrected chi connectivity index (χ1v) is 12.1. The molecule has 0 spiro atoms. The van der Waals surface area contributed by atoms with Crippen LogP contribution >= 0.6 is 0 Å². The molecular formula is C24H35F6N5. The van der Waals surface area contributed by atoms with Crippen LogP contribution in [0.15, 0.2) is 23.2 Å². The Bertz CT molecular complexity index is 834. The fraction of sp³-hybridized carbons (Fsp3) is 0.708. The summed E-state index contributed by atoms with van der Waals surface area (Å²) in [4.78, 5) is 8.91. The fourth-order valence-corrected chi connectivity index (χ4v) is 4.47. The topological polar surface area (TPSA) is 56.9 Å². The van der Waals surface area contributed by atoms with Gasteiger partial charge >= 0.3 is 12.4 Å². The number of hydrogen-bond donors (Lipinski definition) is 2. The number of piperazine rings is 1. The molecule has 2 fully saturated rings. The van der Waals surface area contributed by atoms with E-state index in [2.05, 4.69) is 15.2 Å². The van der Waals surface area contributed by atoms with E-state index in [1.165, 1.54) is 19.3 Å². The number of benzene rings is 1. The lowest BCUT2D eigenvalue weighted by molar-refractivity contribution is -0.143. The summed E-state index contributed by atoms with van der Waals surface area (Å²) in [6, 6.07) is 2.05. The molecule has 1 aliphatic heterocycles. The third kappa shape index (κ3) is 7.73. The molecule has 2 aliphatic rings. The maximum absolute atomic E-state index is 13.3. The van der Waals surface area contributed by atoms with Crippen LogP contribution in [-0.4, -0.2) is 61.1 Å². The van der Waals surface area contributed by atoms with E-state index in [4.69, 9.17) is 5.73 Å². The van der Waals surface area contributed by atoms with Crippen molar-refractivity contribution in [2.24, 2.45) is 16.1 Å². The Kier molecular flexibility index (Phi) is 8.62. The molecule has 0 unspecified atom stereocenters. The molecule has 1 aliphatic carbocycles. The average Bonchev–Trinajstić information content (AvgIpc) is 2.81. The van der Waals surface area contributed by atoms with Crippen molar-refractivity contribution in [3.8, 4) is 0 Å². The van der Waals surface area contributed by atoms with Crippen molar-refractivity contribution in [1.29, 1.82) is 0 Å². The van der Waals surface area contributed by atoms with Crippen molar-refractivity contribution < 1.29 is 26.3 Å². The molecule has 3 N–H and O–H groups in total. The molecule has 1 aromatic carbocycles. The van der Waals surface area contributed by atoms with E-state index in [1.807, 2.05) is 18.7 Å². The first kappa shape index (κ1) is 27.6. The minimum Gasteiger partial charge on any atom is -0.340 e. The molecule has 1 saturated carbocycles. The summed E-state index contributed by atoms with van der Waals surface area (Å²) in [5.41, 5.74) is 2.40. The molecule has 1 aromatic rings. The Morgan fingerprint density at radius 2 is 1.46 bits per heavy atom. The summed E-state index contributed by atoms with van der Waals surface area (Å²) in [5, 5.41) is 2.78. The molecule has 5 nitrogen and oxygen atoms in total. The molecule has 35 heavy (non-hydrogen) atoms. The van der Waals surface area contributed by atoms with Crippen LogP contribution in [0.25, 0.3) is 0 Å². The Morgan fingerprint density at radius 3 is 1.94 bits per heavy atom. The Hall–Kier alpha value is -2.01. The highest BCUT2D eigenvalue weighted by Gasteiger charge is 2.37. The summed E-state index contributed by atoms with van der Waals surface area (Å²) in [6.45, 7) is 7.11. The van der Waals surface area contributed by atoms with E-state index in [1.54, 1.807) is 0 Å². The van der Waals surface area contributed by atoms with Crippen LogP contribution in [0, 0.1) is 5.41 Å². The number of anilines is 1. The van der Waals surface area contributed by atoms with Crippen LogP contribution in [0.3, 0.4) is 0 Å². The molecule has 1 heterocycles. The number of guanidine groups is 1. The molecule has 0 bridgehead atoms. The second-order valence-electron chi connectivity index (χ2n) is 10.2. The Morgan fingerprint density at radius 1 is 0.914 bits per heavy atom. The van der Waals surface area contributed by atoms with Gasteiger partial charge in [-0.25, -0.2) is 0 Å². The lowest BCUT2D eigenvalue weighted by Gasteiger charge is -2.41. The second-order valence-corrected chi connectivity index (χ2v) is 10.2. The van der Waals surface area contributed by atoms with E-state index >= 15 is 0 Å². The van der Waals surface area contributed by atoms with Gasteiger partial charge in [-0.05, 0) is 43.0 Å². The monoisotopic (exact) mass is 507 g/mol. The van der Waals surface area contributed by atoms with Gasteiger partial charge in [0, 0.05) is 44.5 Å². The highest BCUT2D eigenvalue weighted by atomic mass is 19.4. The summed E-state index contributed by atoms with van der Waals surface area (Å²) in [5.74, 6) is 0.266. The number of hydrogen-bond acceptors (Lipinski definition) is 3. The van der Waals surface area contributed by atoms with Crippen LogP contribution in [-0.2, 0) is 12.4 Å². The van der Waals surface area contributed by atoms with Crippen LogP contribution in [0.4, 0.5) is 32.0 Å². The van der Waals surface area contributed by atoms with Gasteiger partial charge in [0.15, 0.2) is 5.96 Å². The van der Waals surface area contributed by atoms with Crippen molar-refractivity contribution in [2.75, 3.05) is 44.6 Å². The smallest absolute Gasteiger partial charge is 0.340 e. The van der Waals surface area contributed by atoms with Crippen LogP contribution in [0.1, 0.15) is 57.1 Å². The zero-order valence-corrected chi connectivity index (χ0v) is 20.3. The zero-order valence-electron chi connectivity index (χ0n) is 20.3. The van der Waals surface area contributed by atoms with Crippen LogP contribution in [0.5, 0.6) is 0 Å². The number of aliphatic imine (C=N–C) groups is 1. The van der Waals surface area contributed by atoms with Gasteiger partial charge in [-0.3, -0.25) is 9.89 Å². The van der Waals surface area contributed by atoms with Crippen molar-refractivity contribution in [1.82, 2.24) is 9.80 Å². The van der Waals surface area contributed by atoms with E-state index in [0.717, 1.165) is 25.9 Å². The summed E-state index contributed by atoms with van der Waals surface area (Å²) >= 11 is 0. The number of halogens is 6. The first-order valence-electron chi connectivity index (χ1n) is 12.1. The second kappa shape index (κ2) is 10.9. The normalized spacial score (nSPS) is 19.8. The number of nitrogens with zero attached hydrogens (tertiary/aromatic N) is 3. The SMILES string of the molecule is CC(C)(CN)CN=C(Nc1cc(C(F)(F)F)cc(C(F)(F)F)c1)N1CCN(C2CCCCC2)CC1. The highest BCUT2D eigenvalue weighted by molar-refractivity contribution is 5.94. The number of alkyl halides is 6. The molecular weight excluding hydrogens is 472 g/mol. The van der Waals surface area contributed by atoms with E-state index in [0.29, 0.717) is 37.8 Å². The predicted octanol–water partition coefficient (Wildman–Crippen LogP) is 5.43. The van der Waals surface area contributed by atoms with Crippen LogP contribution < -0.4 is 11.1 Å². The van der Waals surface area contributed by atoms with Crippen LogP contribution in [0.2, 0.25) is 0 Å². The van der Waals surface area contributed by atoms with E-state index in [9.17, 15) is 26.3 Å². The van der Waals surface area contributed by atoms with Gasteiger partial charge < -0.3 is 16.0 Å². The van der Waals surface area contributed by atoms with Crippen molar-refractivity contribution in [2.45, 2.75) is 64.3 Å². The molecule has 0 amide bonds. The third-order valence-corrected chi connectivity index (χ3v) is 6.76. The van der Waals surface area contributed by atoms with Gasteiger partial charge in [-0.1, -0.05) is 33.1 Å². The van der Waals surface area contributed by atoms with Crippen molar-refractivity contribution in [3.63, 3.8) is 0 Å². The molecule has 198 valence electrons. The van der Waals surface area contributed by atoms with Crippen molar-refractivity contribution >= 4 is 11.6 Å². The van der Waals surface area contributed by atoms with E-state index < -0.39 is 23.5 Å². The van der Waals surface area contributed by atoms with Gasteiger partial charge in [0.05, 0.1) is 11.1 Å². The summed E-state index contributed by atoms with van der Waals surface area (Å²) in [7, 11) is 0. The van der Waals surface area contributed by atoms with Crippen molar-refractivity contribution in [3.05, 3.63) is 29.3 Å². The molecule has 0 radical (unpaired) electrons. The minimum atomic E-state index is -4.91. The quantitative estimate of drug-likeness (QED) is 0.317. The molecule has 11 heteroatoms. The third-order valence-electron chi connectivity index (χ3n) is 6.76. The summed E-state index contributed by atoms with van der Waals surface area (Å²) in [6.07, 6.45) is -3.83. The molecule has 3 rings (SSSR count). The van der Waals surface area contributed by atoms with Gasteiger partial charge in [-0.15, -0.1) is 0 Å². The van der Waals surface area contributed by atoms with Gasteiger partial charge in [0.2, 0.25) is 0 Å². The molecule has 0 atom stereocenters. The first-order chi connectivity index (χ1) is 16.3. The lowest BCUT2D eigenvalue weighted by Crippen LogP contribution is -2.53. The Balaban J connectivity index is 1.85. The predicted molar refractivity (Wildman–Crippen MR) is 125 cm³/mol. The van der Waals surface area contributed by atoms with Gasteiger partial charge in [-0.2, -0.15) is 26.3 Å². The van der Waals surface area contributed by atoms with Gasteiger partial charge in [0.1, 0.15) is 0 Å². The minimum absolute atomic E-state index is 0.127. The molecule has 1 saturated heterocycles. The number of nitrogens with two attached hydrogens (primary N) is 1. The highest BCUT2D eigenvalue weighted by Crippen LogP contribution is 2.37.